The van der Waals surface area contributed by atoms with Crippen molar-refractivity contribution in [2.75, 3.05) is 0 Å². The summed E-state index contributed by atoms with van der Waals surface area (Å²) in [5, 5.41) is 0.689. The molecule has 0 fully saturated rings. The maximum Gasteiger partial charge on any atom is 0.0805 e. The summed E-state index contributed by atoms with van der Waals surface area (Å²) in [5.41, 5.74) is 0.850. The van der Waals surface area contributed by atoms with Crippen molar-refractivity contribution in [3.05, 3.63) is 29.0 Å². The summed E-state index contributed by atoms with van der Waals surface area (Å²) in [5.74, 6) is 0. The quantitative estimate of drug-likeness (QED) is 0.598. The van der Waals surface area contributed by atoms with Crippen molar-refractivity contribution in [2.24, 2.45) is 4.99 Å². The van der Waals surface area contributed by atoms with E-state index in [1.54, 1.807) is 18.3 Å². The van der Waals surface area contributed by atoms with Gasteiger partial charge < -0.3 is 0 Å². The van der Waals surface area contributed by atoms with Crippen molar-refractivity contribution >= 4 is 18.3 Å². The van der Waals surface area contributed by atoms with E-state index in [9.17, 15) is 0 Å². The lowest BCUT2D eigenvalue weighted by molar-refractivity contribution is 1.000. The normalized spacial score (nSPS) is 9.30. The predicted molar refractivity (Wildman–Crippen MR) is 42.5 cm³/mol. The number of rotatable bonds is 2. The summed E-state index contributed by atoms with van der Waals surface area (Å²) in [6.45, 7) is 3.88. The molecule has 0 amide bonds. The molecular weight excluding hydrogens is 148 g/mol. The number of hydrogen-bond acceptors (Lipinski definition) is 2. The topological polar surface area (TPSA) is 25.2 Å². The van der Waals surface area contributed by atoms with Crippen molar-refractivity contribution in [3.8, 4) is 0 Å². The Hall–Kier alpha value is -0.890. The second-order valence-corrected chi connectivity index (χ2v) is 2.28. The van der Waals surface area contributed by atoms with Crippen LogP contribution in [0.2, 0.25) is 5.02 Å². The van der Waals surface area contributed by atoms with Crippen LogP contribution in [0.5, 0.6) is 0 Å². The van der Waals surface area contributed by atoms with Crippen LogP contribution in [0.3, 0.4) is 0 Å². The van der Waals surface area contributed by atoms with E-state index in [1.165, 1.54) is 0 Å². The van der Waals surface area contributed by atoms with E-state index in [4.69, 9.17) is 11.6 Å². The van der Waals surface area contributed by atoms with E-state index in [2.05, 4.69) is 16.7 Å². The zero-order chi connectivity index (χ0) is 7.40. The molecule has 0 N–H and O–H groups in total. The fourth-order valence-electron chi connectivity index (χ4n) is 0.650. The van der Waals surface area contributed by atoms with Crippen LogP contribution in [0, 0.1) is 0 Å². The third-order valence-corrected chi connectivity index (χ3v) is 1.29. The highest BCUT2D eigenvalue weighted by Crippen LogP contribution is 2.07. The van der Waals surface area contributed by atoms with E-state index >= 15 is 0 Å². The lowest BCUT2D eigenvalue weighted by Crippen LogP contribution is -1.84. The number of halogens is 1. The molecule has 0 unspecified atom stereocenters. The molecule has 0 radical (unpaired) electrons. The van der Waals surface area contributed by atoms with Gasteiger partial charge in [-0.25, -0.2) is 0 Å². The van der Waals surface area contributed by atoms with Gasteiger partial charge in [0.15, 0.2) is 0 Å². The Bertz CT molecular complexity index is 235. The van der Waals surface area contributed by atoms with Crippen molar-refractivity contribution < 1.29 is 0 Å². The van der Waals surface area contributed by atoms with Crippen LogP contribution in [-0.4, -0.2) is 11.7 Å². The summed E-state index contributed by atoms with van der Waals surface area (Å²) in [4.78, 5) is 7.69. The summed E-state index contributed by atoms with van der Waals surface area (Å²) >= 11 is 5.68. The van der Waals surface area contributed by atoms with Gasteiger partial charge in [0.1, 0.15) is 0 Å². The summed E-state index contributed by atoms with van der Waals surface area (Å²) in [6.07, 6.45) is 1.66. The fraction of sp³-hybridized carbons (Fsp3) is 0.143. The molecule has 1 heterocycles. The fourth-order valence-corrected chi connectivity index (χ4v) is 0.832. The molecule has 0 saturated heterocycles. The minimum Gasteiger partial charge on any atom is -0.295 e. The van der Waals surface area contributed by atoms with Crippen molar-refractivity contribution in [3.63, 3.8) is 0 Å². The number of aromatic nitrogens is 1. The highest BCUT2D eigenvalue weighted by atomic mass is 35.5. The summed E-state index contributed by atoms with van der Waals surface area (Å²) in [6, 6.07) is 3.50. The minimum absolute atomic E-state index is 0.528. The van der Waals surface area contributed by atoms with Gasteiger partial charge in [0.2, 0.25) is 0 Å². The van der Waals surface area contributed by atoms with E-state index in [-0.39, 0.29) is 0 Å². The first-order chi connectivity index (χ1) is 4.83. The van der Waals surface area contributed by atoms with Crippen LogP contribution in [0.25, 0.3) is 0 Å². The van der Waals surface area contributed by atoms with E-state index in [1.807, 2.05) is 0 Å². The Kier molecular flexibility index (Phi) is 2.40. The average molecular weight is 155 g/mol. The molecule has 1 aromatic rings. The van der Waals surface area contributed by atoms with Gasteiger partial charge in [-0.1, -0.05) is 11.6 Å². The smallest absolute Gasteiger partial charge is 0.0805 e. The predicted octanol–water partition coefficient (Wildman–Crippen LogP) is 1.94. The molecule has 1 rings (SSSR count). The first-order valence-electron chi connectivity index (χ1n) is 2.86. The number of nitrogens with zero attached hydrogens (tertiary/aromatic N) is 2. The largest absolute Gasteiger partial charge is 0.295 e. The highest BCUT2D eigenvalue weighted by molar-refractivity contribution is 6.30. The molecule has 1 aromatic heterocycles. The van der Waals surface area contributed by atoms with E-state index in [0.717, 1.165) is 5.69 Å². The Morgan fingerprint density at radius 3 is 3.10 bits per heavy atom. The third kappa shape index (κ3) is 1.81. The maximum absolute atomic E-state index is 5.68. The van der Waals surface area contributed by atoms with Crippen LogP contribution >= 0.6 is 11.6 Å². The molecule has 0 aromatic carbocycles. The molecule has 3 heteroatoms. The molecule has 10 heavy (non-hydrogen) atoms. The second kappa shape index (κ2) is 3.32. The van der Waals surface area contributed by atoms with E-state index in [0.29, 0.717) is 11.6 Å². The molecule has 0 aliphatic heterocycles. The van der Waals surface area contributed by atoms with Crippen LogP contribution in [0.15, 0.2) is 23.3 Å². The van der Waals surface area contributed by atoms with Gasteiger partial charge in [0, 0.05) is 11.2 Å². The standard InChI is InChI=1S/C7H7ClN2/c1-9-5-7-4-6(8)2-3-10-7/h2-4H,1,5H2. The maximum atomic E-state index is 5.68. The molecule has 0 aliphatic rings. The average Bonchev–Trinajstić information content (AvgIpc) is 1.88. The number of hydrogen-bond donors (Lipinski definition) is 0. The van der Waals surface area contributed by atoms with Gasteiger partial charge in [-0.2, -0.15) is 0 Å². The van der Waals surface area contributed by atoms with Gasteiger partial charge in [-0.15, -0.1) is 0 Å². The molecule has 2 nitrogen and oxygen atoms in total. The van der Waals surface area contributed by atoms with Gasteiger partial charge in [0.05, 0.1) is 12.2 Å². The van der Waals surface area contributed by atoms with Crippen LogP contribution in [0.4, 0.5) is 0 Å². The molecule has 0 bridgehead atoms. The SMILES string of the molecule is C=NCc1cc(Cl)ccn1. The summed E-state index contributed by atoms with van der Waals surface area (Å²) in [7, 11) is 0. The lowest BCUT2D eigenvalue weighted by atomic mass is 10.3. The van der Waals surface area contributed by atoms with Crippen molar-refractivity contribution in [1.29, 1.82) is 0 Å². The van der Waals surface area contributed by atoms with Crippen molar-refractivity contribution in [1.82, 2.24) is 4.98 Å². The molecule has 0 spiro atoms. The zero-order valence-corrected chi connectivity index (χ0v) is 6.17. The Balaban J connectivity index is 2.84. The molecule has 0 aliphatic carbocycles. The number of aliphatic imine (C=N–C) groups is 1. The monoisotopic (exact) mass is 154 g/mol. The lowest BCUT2D eigenvalue weighted by Gasteiger charge is -1.93. The van der Waals surface area contributed by atoms with Crippen molar-refractivity contribution in [2.45, 2.75) is 6.54 Å². The minimum atomic E-state index is 0.528. The van der Waals surface area contributed by atoms with Gasteiger partial charge in [0.25, 0.3) is 0 Å². The van der Waals surface area contributed by atoms with Crippen LogP contribution in [0.1, 0.15) is 5.69 Å². The third-order valence-electron chi connectivity index (χ3n) is 1.05. The van der Waals surface area contributed by atoms with Gasteiger partial charge in [-0.05, 0) is 18.9 Å². The zero-order valence-electron chi connectivity index (χ0n) is 5.42. The summed E-state index contributed by atoms with van der Waals surface area (Å²) < 4.78 is 0. The van der Waals surface area contributed by atoms with Crippen LogP contribution in [-0.2, 0) is 6.54 Å². The second-order valence-electron chi connectivity index (χ2n) is 1.85. The highest BCUT2D eigenvalue weighted by Gasteiger charge is 1.91. The molecular formula is C7H7ClN2. The van der Waals surface area contributed by atoms with Gasteiger partial charge in [-0.3, -0.25) is 9.98 Å². The Morgan fingerprint density at radius 1 is 1.70 bits per heavy atom. The Labute approximate surface area is 64.6 Å². The van der Waals surface area contributed by atoms with Crippen LogP contribution < -0.4 is 0 Å². The van der Waals surface area contributed by atoms with E-state index < -0.39 is 0 Å². The Morgan fingerprint density at radius 2 is 2.50 bits per heavy atom. The first kappa shape index (κ1) is 7.22. The first-order valence-corrected chi connectivity index (χ1v) is 3.23. The molecule has 52 valence electrons. The molecule has 0 saturated carbocycles. The number of pyridine rings is 1. The van der Waals surface area contributed by atoms with Gasteiger partial charge >= 0.3 is 0 Å². The molecule has 0 atom stereocenters.